The summed E-state index contributed by atoms with van der Waals surface area (Å²) in [5.74, 6) is 1.75. The predicted molar refractivity (Wildman–Crippen MR) is 193 cm³/mol. The van der Waals surface area contributed by atoms with Crippen LogP contribution in [0.3, 0.4) is 0 Å². The fourth-order valence-corrected chi connectivity index (χ4v) is 8.64. The van der Waals surface area contributed by atoms with Crippen LogP contribution in [-0.2, 0) is 20.9 Å². The zero-order valence-corrected chi connectivity index (χ0v) is 29.1. The first-order valence-corrected chi connectivity index (χ1v) is 18.3. The molecular weight excluding hydrogens is 653 g/mol. The number of nitrogen functional groups attached to an aromatic ring is 1. The molecule has 4 fully saturated rings. The van der Waals surface area contributed by atoms with E-state index in [2.05, 4.69) is 56.2 Å². The normalized spacial score (nSPS) is 24.3. The second-order valence-corrected chi connectivity index (χ2v) is 15.2. The summed E-state index contributed by atoms with van der Waals surface area (Å²) in [5.41, 5.74) is 14.2. The molecule has 0 saturated carbocycles. The highest BCUT2D eigenvalue weighted by Gasteiger charge is 2.47. The van der Waals surface area contributed by atoms with Gasteiger partial charge in [-0.3, -0.25) is 19.8 Å². The second-order valence-electron chi connectivity index (χ2n) is 14.2. The molecule has 0 bridgehead atoms. The molecule has 13 nitrogen and oxygen atoms in total. The Morgan fingerprint density at radius 1 is 0.980 bits per heavy atom. The average molecular weight is 697 g/mol. The third-order valence-corrected chi connectivity index (χ3v) is 12.0. The summed E-state index contributed by atoms with van der Waals surface area (Å²) in [5, 5.41) is 5.33. The molecule has 262 valence electrons. The van der Waals surface area contributed by atoms with Crippen molar-refractivity contribution in [2.75, 3.05) is 61.4 Å². The van der Waals surface area contributed by atoms with Crippen LogP contribution >= 0.6 is 11.8 Å². The minimum atomic E-state index is -0.344. The van der Waals surface area contributed by atoms with E-state index in [9.17, 15) is 9.59 Å². The molecule has 4 aliphatic heterocycles. The molecular formula is C36H44N10O3S. The van der Waals surface area contributed by atoms with Crippen LogP contribution in [0.1, 0.15) is 44.2 Å². The van der Waals surface area contributed by atoms with E-state index in [0.29, 0.717) is 23.7 Å². The number of benzene rings is 1. The van der Waals surface area contributed by atoms with Gasteiger partial charge in [0, 0.05) is 87.2 Å². The average Bonchev–Trinajstić information content (AvgIpc) is 3.66. The fraction of sp³-hybridized carbons (Fsp3) is 0.472. The number of anilines is 3. The minimum absolute atomic E-state index is 0.0570. The number of nitrogens with one attached hydrogen (secondary N) is 1. The summed E-state index contributed by atoms with van der Waals surface area (Å²) in [4.78, 5) is 46.2. The number of ether oxygens (including phenoxy) is 1. The summed E-state index contributed by atoms with van der Waals surface area (Å²) < 4.78 is 7.82. The van der Waals surface area contributed by atoms with Gasteiger partial charge in [0.05, 0.1) is 18.9 Å². The number of carbonyl (C=O) groups is 2. The van der Waals surface area contributed by atoms with Crippen LogP contribution in [0.25, 0.3) is 10.8 Å². The van der Waals surface area contributed by atoms with Crippen molar-refractivity contribution in [1.29, 1.82) is 0 Å². The molecule has 1 spiro atoms. The van der Waals surface area contributed by atoms with Crippen molar-refractivity contribution in [1.82, 2.24) is 29.7 Å². The maximum Gasteiger partial charge on any atom is 0.249 e. The SMILES string of the molecule is C[C@@H]1OCC2(CCN(c3cnc(Sc4ccnc(N5CCN(Cc6ccc7cn(C8CCC(=O)NC8=O)cc7c6)CC5)c4)c(N)n3)CC2)[C@@H]1N. The van der Waals surface area contributed by atoms with Crippen molar-refractivity contribution >= 4 is 51.8 Å². The van der Waals surface area contributed by atoms with Crippen molar-refractivity contribution in [2.24, 2.45) is 11.1 Å². The van der Waals surface area contributed by atoms with Crippen LogP contribution < -0.4 is 26.6 Å². The van der Waals surface area contributed by atoms with E-state index in [1.807, 2.05) is 35.4 Å². The Kier molecular flexibility index (Phi) is 8.87. The maximum atomic E-state index is 12.4. The molecule has 3 atom stereocenters. The van der Waals surface area contributed by atoms with Gasteiger partial charge in [0.15, 0.2) is 5.82 Å². The number of carbonyl (C=O) groups excluding carboxylic acids is 2. The summed E-state index contributed by atoms with van der Waals surface area (Å²) in [6, 6.07) is 10.3. The number of nitrogens with two attached hydrogens (primary N) is 2. The summed E-state index contributed by atoms with van der Waals surface area (Å²) in [7, 11) is 0. The molecule has 5 N–H and O–H groups in total. The number of aromatic nitrogens is 4. The molecule has 2 amide bonds. The molecule has 7 heterocycles. The second kappa shape index (κ2) is 13.5. The summed E-state index contributed by atoms with van der Waals surface area (Å²) >= 11 is 1.51. The first-order valence-electron chi connectivity index (χ1n) is 17.5. The molecule has 4 saturated heterocycles. The van der Waals surface area contributed by atoms with Crippen molar-refractivity contribution < 1.29 is 14.3 Å². The zero-order valence-electron chi connectivity index (χ0n) is 28.3. The van der Waals surface area contributed by atoms with Gasteiger partial charge in [0.1, 0.15) is 22.7 Å². The number of pyridine rings is 1. The van der Waals surface area contributed by atoms with Gasteiger partial charge in [-0.15, -0.1) is 0 Å². The molecule has 4 aliphatic rings. The van der Waals surface area contributed by atoms with E-state index in [1.54, 1.807) is 0 Å². The molecule has 50 heavy (non-hydrogen) atoms. The molecule has 3 aromatic heterocycles. The minimum Gasteiger partial charge on any atom is -0.381 e. The molecule has 1 aromatic carbocycles. The number of fused-ring (bicyclic) bond motifs is 1. The number of nitrogens with zero attached hydrogens (tertiary/aromatic N) is 7. The zero-order chi connectivity index (χ0) is 34.4. The van der Waals surface area contributed by atoms with Gasteiger partial charge >= 0.3 is 0 Å². The Hall–Kier alpha value is -4.24. The van der Waals surface area contributed by atoms with Gasteiger partial charge < -0.3 is 30.6 Å². The molecule has 14 heteroatoms. The topological polar surface area (TPSA) is 161 Å². The van der Waals surface area contributed by atoms with Crippen LogP contribution in [0.4, 0.5) is 17.5 Å². The largest absolute Gasteiger partial charge is 0.381 e. The number of hydrogen-bond acceptors (Lipinski definition) is 12. The van der Waals surface area contributed by atoms with Crippen molar-refractivity contribution in [3.05, 3.63) is 60.7 Å². The Morgan fingerprint density at radius 3 is 2.50 bits per heavy atom. The lowest BCUT2D eigenvalue weighted by Gasteiger charge is -2.41. The highest BCUT2D eigenvalue weighted by molar-refractivity contribution is 7.99. The monoisotopic (exact) mass is 696 g/mol. The molecule has 4 aromatic rings. The molecule has 1 unspecified atom stereocenters. The Balaban J connectivity index is 0.851. The fourth-order valence-electron chi connectivity index (χ4n) is 7.87. The van der Waals surface area contributed by atoms with Gasteiger partial charge in [0.2, 0.25) is 11.8 Å². The third-order valence-electron chi connectivity index (χ3n) is 11.0. The van der Waals surface area contributed by atoms with Gasteiger partial charge in [0.25, 0.3) is 0 Å². The maximum absolute atomic E-state index is 12.4. The number of piperidine rings is 2. The lowest BCUT2D eigenvalue weighted by Crippen LogP contribution is -2.50. The standard InChI is InChI=1S/C36H44N10O3S/c1-23-32(37)36(22-49-23)7-10-44(11-8-36)30-18-40-35(33(38)41-30)50-27-6-9-39-29(17-27)45-14-12-43(13-15-45)19-24-2-3-25-20-46(21-26(25)16-24)28-4-5-31(47)42-34(28)48/h2-3,6,9,16-18,20-21,23,28,32H,4-5,7-8,10-15,19,22,37H2,1H3,(H2,38,41)(H,42,47,48)/t23-,28?,32+/m0/s1. The lowest BCUT2D eigenvalue weighted by atomic mass is 9.73. The van der Waals surface area contributed by atoms with Crippen LogP contribution in [-0.4, -0.2) is 94.3 Å². The molecule has 0 radical (unpaired) electrons. The number of amides is 2. The first-order chi connectivity index (χ1) is 24.2. The highest BCUT2D eigenvalue weighted by atomic mass is 32.2. The number of imide groups is 1. The van der Waals surface area contributed by atoms with Crippen molar-refractivity contribution in [3.8, 4) is 0 Å². The van der Waals surface area contributed by atoms with E-state index in [0.717, 1.165) is 92.6 Å². The molecule has 8 rings (SSSR count). The molecule has 0 aliphatic carbocycles. The van der Waals surface area contributed by atoms with Gasteiger partial charge in [-0.1, -0.05) is 23.9 Å². The summed E-state index contributed by atoms with van der Waals surface area (Å²) in [6.07, 6.45) is 10.7. The van der Waals surface area contributed by atoms with Crippen LogP contribution in [0.5, 0.6) is 0 Å². The van der Waals surface area contributed by atoms with E-state index in [-0.39, 0.29) is 35.4 Å². The Bertz CT molecular complexity index is 1900. The Labute approximate surface area is 295 Å². The van der Waals surface area contributed by atoms with E-state index >= 15 is 0 Å². The van der Waals surface area contributed by atoms with E-state index < -0.39 is 0 Å². The first kappa shape index (κ1) is 32.9. The van der Waals surface area contributed by atoms with Crippen LogP contribution in [0.2, 0.25) is 0 Å². The van der Waals surface area contributed by atoms with E-state index in [1.165, 1.54) is 17.3 Å². The Morgan fingerprint density at radius 2 is 1.76 bits per heavy atom. The van der Waals surface area contributed by atoms with E-state index in [4.69, 9.17) is 26.2 Å². The van der Waals surface area contributed by atoms with Crippen molar-refractivity contribution in [2.45, 2.75) is 67.3 Å². The lowest BCUT2D eigenvalue weighted by molar-refractivity contribution is -0.135. The van der Waals surface area contributed by atoms with Gasteiger partial charge in [-0.05, 0) is 60.7 Å². The van der Waals surface area contributed by atoms with Crippen molar-refractivity contribution in [3.63, 3.8) is 0 Å². The highest BCUT2D eigenvalue weighted by Crippen LogP contribution is 2.42. The summed E-state index contributed by atoms with van der Waals surface area (Å²) in [6.45, 7) is 8.97. The van der Waals surface area contributed by atoms with Crippen LogP contribution in [0, 0.1) is 5.41 Å². The number of hydrogen-bond donors (Lipinski definition) is 3. The number of rotatable bonds is 7. The van der Waals surface area contributed by atoms with Gasteiger partial charge in [-0.2, -0.15) is 0 Å². The quantitative estimate of drug-likeness (QED) is 0.243. The van der Waals surface area contributed by atoms with Gasteiger partial charge in [-0.25, -0.2) is 15.0 Å². The smallest absolute Gasteiger partial charge is 0.249 e. The predicted octanol–water partition coefficient (Wildman–Crippen LogP) is 3.19. The third kappa shape index (κ3) is 6.52. The van der Waals surface area contributed by atoms with Crippen LogP contribution in [0.15, 0.2) is 65.0 Å². The number of piperazine rings is 1.